The Morgan fingerprint density at radius 3 is 3.06 bits per heavy atom. The first-order valence-electron chi connectivity index (χ1n) is 6.18. The zero-order valence-corrected chi connectivity index (χ0v) is 11.9. The minimum atomic E-state index is 0.306. The number of nitrogens with one attached hydrogen (secondary N) is 2. The molecule has 2 atom stereocenters. The Balaban J connectivity index is 1.89. The Kier molecular flexibility index (Phi) is 5.13. The molecule has 18 heavy (non-hydrogen) atoms. The van der Waals surface area contributed by atoms with Crippen LogP contribution in [0.25, 0.3) is 0 Å². The van der Waals surface area contributed by atoms with E-state index in [9.17, 15) is 0 Å². The Morgan fingerprint density at radius 2 is 2.33 bits per heavy atom. The van der Waals surface area contributed by atoms with Crippen molar-refractivity contribution in [1.29, 1.82) is 0 Å². The molecule has 1 saturated heterocycles. The maximum Gasteiger partial charge on any atom is 0.0638 e. The molecule has 0 aliphatic carbocycles. The van der Waals surface area contributed by atoms with E-state index in [-0.39, 0.29) is 0 Å². The van der Waals surface area contributed by atoms with Crippen LogP contribution in [0.1, 0.15) is 13.3 Å². The molecule has 2 rings (SSSR count). The minimum Gasteiger partial charge on any atom is -0.381 e. The molecular weight excluding hydrogens is 271 g/mol. The fourth-order valence-corrected chi connectivity index (χ4v) is 2.47. The van der Waals surface area contributed by atoms with E-state index in [1.54, 1.807) is 12.1 Å². The van der Waals surface area contributed by atoms with Crippen LogP contribution in [0, 0.1) is 0 Å². The summed E-state index contributed by atoms with van der Waals surface area (Å²) in [4.78, 5) is 0. The summed E-state index contributed by atoms with van der Waals surface area (Å²) in [6.45, 7) is 4.64. The molecule has 0 spiro atoms. The highest BCUT2D eigenvalue weighted by Crippen LogP contribution is 2.26. The van der Waals surface area contributed by atoms with E-state index in [0.717, 1.165) is 31.9 Å². The minimum absolute atomic E-state index is 0.306. The highest BCUT2D eigenvalue weighted by Gasteiger charge is 2.16. The van der Waals surface area contributed by atoms with Gasteiger partial charge in [0.05, 0.1) is 23.9 Å². The molecule has 0 saturated carbocycles. The largest absolute Gasteiger partial charge is 0.381 e. The van der Waals surface area contributed by atoms with Crippen LogP contribution in [0.2, 0.25) is 10.0 Å². The molecule has 0 radical (unpaired) electrons. The molecule has 0 aromatic heterocycles. The first-order valence-corrected chi connectivity index (χ1v) is 6.93. The lowest BCUT2D eigenvalue weighted by Gasteiger charge is -2.27. The number of rotatable bonds is 4. The summed E-state index contributed by atoms with van der Waals surface area (Å²) in [5.41, 5.74) is 0.883. The second kappa shape index (κ2) is 6.62. The van der Waals surface area contributed by atoms with Gasteiger partial charge in [0.15, 0.2) is 0 Å². The SMILES string of the molecule is CC(CC1COCCN1)Nc1cc(Cl)ccc1Cl. The van der Waals surface area contributed by atoms with E-state index in [0.29, 0.717) is 22.1 Å². The molecule has 100 valence electrons. The molecule has 1 fully saturated rings. The quantitative estimate of drug-likeness (QED) is 0.893. The van der Waals surface area contributed by atoms with E-state index in [2.05, 4.69) is 17.6 Å². The summed E-state index contributed by atoms with van der Waals surface area (Å²) >= 11 is 12.1. The molecule has 2 unspecified atom stereocenters. The summed E-state index contributed by atoms with van der Waals surface area (Å²) in [5.74, 6) is 0. The molecule has 1 aromatic carbocycles. The van der Waals surface area contributed by atoms with Gasteiger partial charge < -0.3 is 15.4 Å². The zero-order chi connectivity index (χ0) is 13.0. The lowest BCUT2D eigenvalue weighted by molar-refractivity contribution is 0.0731. The topological polar surface area (TPSA) is 33.3 Å². The van der Waals surface area contributed by atoms with Crippen LogP contribution in [-0.4, -0.2) is 31.8 Å². The van der Waals surface area contributed by atoms with Crippen LogP contribution in [0.4, 0.5) is 5.69 Å². The molecule has 3 nitrogen and oxygen atoms in total. The average molecular weight is 289 g/mol. The van der Waals surface area contributed by atoms with Crippen LogP contribution in [0.3, 0.4) is 0 Å². The molecule has 1 aromatic rings. The first-order chi connectivity index (χ1) is 8.65. The fraction of sp³-hybridized carbons (Fsp3) is 0.538. The Morgan fingerprint density at radius 1 is 1.50 bits per heavy atom. The first kappa shape index (κ1) is 13.9. The Labute approximate surface area is 118 Å². The van der Waals surface area contributed by atoms with E-state index in [4.69, 9.17) is 27.9 Å². The van der Waals surface area contributed by atoms with Gasteiger partial charge in [-0.2, -0.15) is 0 Å². The monoisotopic (exact) mass is 288 g/mol. The van der Waals surface area contributed by atoms with Crippen molar-refractivity contribution in [2.45, 2.75) is 25.4 Å². The Bertz CT molecular complexity index is 395. The normalized spacial score (nSPS) is 21.6. The third kappa shape index (κ3) is 4.02. The second-order valence-electron chi connectivity index (χ2n) is 4.63. The lowest BCUT2D eigenvalue weighted by Crippen LogP contribution is -2.43. The van der Waals surface area contributed by atoms with Crippen molar-refractivity contribution >= 4 is 28.9 Å². The number of halogens is 2. The maximum atomic E-state index is 6.12. The standard InChI is InChI=1S/C13H18Cl2N2O/c1-9(6-11-8-18-5-4-16-11)17-13-7-10(14)2-3-12(13)15/h2-3,7,9,11,16-17H,4-6,8H2,1H3. The van der Waals surface area contributed by atoms with Crippen molar-refractivity contribution in [2.24, 2.45) is 0 Å². The third-order valence-corrected chi connectivity index (χ3v) is 3.53. The number of anilines is 1. The average Bonchev–Trinajstić information content (AvgIpc) is 2.35. The summed E-state index contributed by atoms with van der Waals surface area (Å²) in [5, 5.41) is 8.21. The molecule has 0 bridgehead atoms. The van der Waals surface area contributed by atoms with Gasteiger partial charge in [-0.25, -0.2) is 0 Å². The van der Waals surface area contributed by atoms with Gasteiger partial charge in [-0.05, 0) is 31.5 Å². The van der Waals surface area contributed by atoms with Gasteiger partial charge in [-0.15, -0.1) is 0 Å². The fourth-order valence-electron chi connectivity index (χ4n) is 2.13. The van der Waals surface area contributed by atoms with Crippen molar-refractivity contribution in [2.75, 3.05) is 25.1 Å². The predicted octanol–water partition coefficient (Wildman–Crippen LogP) is 3.17. The molecule has 0 amide bonds. The highest BCUT2D eigenvalue weighted by atomic mass is 35.5. The molecule has 5 heteroatoms. The van der Waals surface area contributed by atoms with Crippen LogP contribution in [-0.2, 0) is 4.74 Å². The zero-order valence-electron chi connectivity index (χ0n) is 10.4. The number of hydrogen-bond acceptors (Lipinski definition) is 3. The van der Waals surface area contributed by atoms with E-state index in [1.165, 1.54) is 0 Å². The van der Waals surface area contributed by atoms with Gasteiger partial charge in [-0.3, -0.25) is 0 Å². The van der Waals surface area contributed by atoms with Crippen molar-refractivity contribution < 1.29 is 4.74 Å². The molecule has 1 heterocycles. The van der Waals surface area contributed by atoms with Crippen molar-refractivity contribution in [3.05, 3.63) is 28.2 Å². The molecular formula is C13H18Cl2N2O. The van der Waals surface area contributed by atoms with E-state index in [1.807, 2.05) is 6.07 Å². The second-order valence-corrected chi connectivity index (χ2v) is 5.47. The number of ether oxygens (including phenoxy) is 1. The van der Waals surface area contributed by atoms with Crippen molar-refractivity contribution in [3.8, 4) is 0 Å². The summed E-state index contributed by atoms with van der Waals surface area (Å²) < 4.78 is 5.44. The number of hydrogen-bond donors (Lipinski definition) is 2. The van der Waals surface area contributed by atoms with Crippen molar-refractivity contribution in [3.63, 3.8) is 0 Å². The van der Waals surface area contributed by atoms with Crippen LogP contribution < -0.4 is 10.6 Å². The number of morpholine rings is 1. The van der Waals surface area contributed by atoms with Crippen LogP contribution in [0.5, 0.6) is 0 Å². The third-order valence-electron chi connectivity index (χ3n) is 2.97. The smallest absolute Gasteiger partial charge is 0.0638 e. The predicted molar refractivity (Wildman–Crippen MR) is 76.8 cm³/mol. The highest BCUT2D eigenvalue weighted by molar-refractivity contribution is 6.35. The van der Waals surface area contributed by atoms with E-state index >= 15 is 0 Å². The van der Waals surface area contributed by atoms with Crippen molar-refractivity contribution in [1.82, 2.24) is 5.32 Å². The lowest BCUT2D eigenvalue weighted by atomic mass is 10.1. The van der Waals surface area contributed by atoms with Gasteiger partial charge in [0.2, 0.25) is 0 Å². The van der Waals surface area contributed by atoms with Gasteiger partial charge in [0.25, 0.3) is 0 Å². The molecule has 1 aliphatic heterocycles. The molecule has 1 aliphatic rings. The molecule has 2 N–H and O–H groups in total. The van der Waals surface area contributed by atoms with Crippen LogP contribution in [0.15, 0.2) is 18.2 Å². The van der Waals surface area contributed by atoms with Crippen LogP contribution >= 0.6 is 23.2 Å². The summed E-state index contributed by atoms with van der Waals surface area (Å²) in [6.07, 6.45) is 0.989. The maximum absolute atomic E-state index is 6.12. The van der Waals surface area contributed by atoms with Gasteiger partial charge in [0.1, 0.15) is 0 Å². The summed E-state index contributed by atoms with van der Waals surface area (Å²) in [7, 11) is 0. The Hall–Kier alpha value is -0.480. The van der Waals surface area contributed by atoms with E-state index < -0.39 is 0 Å². The van der Waals surface area contributed by atoms with Gasteiger partial charge in [0, 0.05) is 23.7 Å². The summed E-state index contributed by atoms with van der Waals surface area (Å²) in [6, 6.07) is 6.15. The van der Waals surface area contributed by atoms with Gasteiger partial charge in [-0.1, -0.05) is 23.2 Å². The van der Waals surface area contributed by atoms with Gasteiger partial charge >= 0.3 is 0 Å². The number of benzene rings is 1.